The summed E-state index contributed by atoms with van der Waals surface area (Å²) in [6.07, 6.45) is 6.46. The van der Waals surface area contributed by atoms with Crippen molar-refractivity contribution in [3.63, 3.8) is 0 Å². The molecule has 1 aliphatic rings. The van der Waals surface area contributed by atoms with Crippen molar-refractivity contribution < 1.29 is 9.53 Å². The minimum absolute atomic E-state index is 0.177. The Hall–Kier alpha value is -0.610. The van der Waals surface area contributed by atoms with Crippen LogP contribution in [0.3, 0.4) is 0 Å². The molecule has 4 nitrogen and oxygen atoms in total. The number of esters is 1. The first-order valence-electron chi connectivity index (χ1n) is 7.45. The Bertz CT molecular complexity index is 288. The molecule has 4 heteroatoms. The number of carbonyl (C=O) groups excluding carboxylic acids is 1. The highest BCUT2D eigenvalue weighted by Crippen LogP contribution is 2.23. The van der Waals surface area contributed by atoms with Crippen molar-refractivity contribution in [1.29, 1.82) is 0 Å². The topological polar surface area (TPSA) is 41.6 Å². The molecule has 1 N–H and O–H groups in total. The first-order valence-corrected chi connectivity index (χ1v) is 7.45. The lowest BCUT2D eigenvalue weighted by molar-refractivity contribution is -0.149. The lowest BCUT2D eigenvalue weighted by atomic mass is 9.92. The van der Waals surface area contributed by atoms with Crippen molar-refractivity contribution in [3.8, 4) is 0 Å². The molecular weight excluding hydrogens is 240 g/mol. The molecule has 1 unspecified atom stereocenters. The van der Waals surface area contributed by atoms with Crippen molar-refractivity contribution in [2.75, 3.05) is 20.7 Å². The van der Waals surface area contributed by atoms with Gasteiger partial charge >= 0.3 is 5.97 Å². The van der Waals surface area contributed by atoms with Gasteiger partial charge in [0.05, 0.1) is 7.11 Å². The van der Waals surface area contributed by atoms with Crippen molar-refractivity contribution in [2.45, 2.75) is 70.5 Å². The number of rotatable bonds is 6. The van der Waals surface area contributed by atoms with Gasteiger partial charge in [-0.3, -0.25) is 10.1 Å². The van der Waals surface area contributed by atoms with Crippen LogP contribution < -0.4 is 5.32 Å². The highest BCUT2D eigenvalue weighted by Gasteiger charge is 2.37. The average molecular weight is 270 g/mol. The molecule has 1 fully saturated rings. The molecule has 0 aromatic rings. The zero-order chi connectivity index (χ0) is 14.5. The highest BCUT2D eigenvalue weighted by molar-refractivity contribution is 5.80. The van der Waals surface area contributed by atoms with Gasteiger partial charge in [-0.05, 0) is 40.7 Å². The summed E-state index contributed by atoms with van der Waals surface area (Å²) in [6, 6.07) is 0.857. The molecular formula is C15H30N2O2. The quantitative estimate of drug-likeness (QED) is 0.751. The Kier molecular flexibility index (Phi) is 6.27. The van der Waals surface area contributed by atoms with E-state index in [0.717, 1.165) is 0 Å². The lowest BCUT2D eigenvalue weighted by Gasteiger charge is -2.38. The normalized spacial score (nSPS) is 20.6. The van der Waals surface area contributed by atoms with Gasteiger partial charge in [0.1, 0.15) is 5.54 Å². The number of likely N-dealkylation sites (N-methyl/N-ethyl adjacent to an activating group) is 1. The molecule has 0 amide bonds. The van der Waals surface area contributed by atoms with Crippen LogP contribution in [0.4, 0.5) is 0 Å². The summed E-state index contributed by atoms with van der Waals surface area (Å²) >= 11 is 0. The number of nitrogens with one attached hydrogen (secondary N) is 1. The second-order valence-electron chi connectivity index (χ2n) is 6.33. The fourth-order valence-corrected chi connectivity index (χ4v) is 3.18. The minimum Gasteiger partial charge on any atom is -0.468 e. The summed E-state index contributed by atoms with van der Waals surface area (Å²) in [6.45, 7) is 6.75. The molecule has 112 valence electrons. The van der Waals surface area contributed by atoms with E-state index in [0.29, 0.717) is 12.6 Å². The summed E-state index contributed by atoms with van der Waals surface area (Å²) in [7, 11) is 3.59. The molecule has 0 aromatic heterocycles. The van der Waals surface area contributed by atoms with Gasteiger partial charge in [-0.1, -0.05) is 19.3 Å². The zero-order valence-electron chi connectivity index (χ0n) is 13.2. The van der Waals surface area contributed by atoms with Gasteiger partial charge in [-0.25, -0.2) is 0 Å². The van der Waals surface area contributed by atoms with E-state index in [1.807, 2.05) is 6.92 Å². The second-order valence-corrected chi connectivity index (χ2v) is 6.33. The van der Waals surface area contributed by atoms with Crippen LogP contribution >= 0.6 is 0 Å². The van der Waals surface area contributed by atoms with Crippen LogP contribution in [0.2, 0.25) is 0 Å². The molecule has 1 rings (SSSR count). The molecule has 1 saturated carbocycles. The van der Waals surface area contributed by atoms with E-state index in [1.54, 1.807) is 0 Å². The summed E-state index contributed by atoms with van der Waals surface area (Å²) in [5.41, 5.74) is -0.630. The van der Waals surface area contributed by atoms with Crippen molar-refractivity contribution in [2.24, 2.45) is 0 Å². The summed E-state index contributed by atoms with van der Waals surface area (Å²) in [5, 5.41) is 3.36. The highest BCUT2D eigenvalue weighted by atomic mass is 16.5. The van der Waals surface area contributed by atoms with Gasteiger partial charge in [0.25, 0.3) is 0 Å². The van der Waals surface area contributed by atoms with E-state index in [-0.39, 0.29) is 12.0 Å². The van der Waals surface area contributed by atoms with E-state index >= 15 is 0 Å². The van der Waals surface area contributed by atoms with Crippen LogP contribution in [0.1, 0.15) is 52.9 Å². The molecule has 0 bridgehead atoms. The van der Waals surface area contributed by atoms with E-state index in [4.69, 9.17) is 4.74 Å². The van der Waals surface area contributed by atoms with Crippen LogP contribution in [0.5, 0.6) is 0 Å². The lowest BCUT2D eigenvalue weighted by Crippen LogP contribution is -2.60. The molecule has 0 spiro atoms. The number of methoxy groups -OCH3 is 1. The number of nitrogens with zero attached hydrogens (tertiary/aromatic N) is 1. The molecule has 1 atom stereocenters. The smallest absolute Gasteiger partial charge is 0.327 e. The number of carbonyl (C=O) groups is 1. The monoisotopic (exact) mass is 270 g/mol. The molecule has 1 aliphatic carbocycles. The summed E-state index contributed by atoms with van der Waals surface area (Å²) in [4.78, 5) is 14.4. The fourth-order valence-electron chi connectivity index (χ4n) is 3.18. The third kappa shape index (κ3) is 4.77. The Morgan fingerprint density at radius 2 is 1.95 bits per heavy atom. The number of hydrogen-bond donors (Lipinski definition) is 1. The molecule has 0 aromatic carbocycles. The first-order chi connectivity index (χ1) is 8.89. The molecule has 0 radical (unpaired) electrons. The average Bonchev–Trinajstić information content (AvgIpc) is 2.37. The minimum atomic E-state index is -0.630. The summed E-state index contributed by atoms with van der Waals surface area (Å²) < 4.78 is 4.98. The van der Waals surface area contributed by atoms with E-state index < -0.39 is 5.54 Å². The third-order valence-electron chi connectivity index (χ3n) is 4.01. The summed E-state index contributed by atoms with van der Waals surface area (Å²) in [5.74, 6) is -0.177. The van der Waals surface area contributed by atoms with Crippen molar-refractivity contribution >= 4 is 5.97 Å². The predicted octanol–water partition coefficient (Wildman–Crippen LogP) is 2.18. The van der Waals surface area contributed by atoms with Crippen LogP contribution in [-0.2, 0) is 9.53 Å². The Morgan fingerprint density at radius 1 is 1.37 bits per heavy atom. The van der Waals surface area contributed by atoms with Crippen LogP contribution in [-0.4, -0.2) is 49.2 Å². The zero-order valence-corrected chi connectivity index (χ0v) is 13.2. The van der Waals surface area contributed by atoms with Crippen LogP contribution in [0.15, 0.2) is 0 Å². The third-order valence-corrected chi connectivity index (χ3v) is 4.01. The van der Waals surface area contributed by atoms with Gasteiger partial charge in [-0.2, -0.15) is 0 Å². The van der Waals surface area contributed by atoms with Gasteiger partial charge in [0, 0.05) is 18.6 Å². The van der Waals surface area contributed by atoms with E-state index in [1.165, 1.54) is 39.2 Å². The number of ether oxygens (including phenoxy) is 1. The Balaban J connectivity index is 2.67. The number of hydrogen-bond acceptors (Lipinski definition) is 4. The van der Waals surface area contributed by atoms with E-state index in [2.05, 4.69) is 31.1 Å². The maximum Gasteiger partial charge on any atom is 0.327 e. The van der Waals surface area contributed by atoms with Gasteiger partial charge in [-0.15, -0.1) is 0 Å². The van der Waals surface area contributed by atoms with Gasteiger partial charge < -0.3 is 9.64 Å². The van der Waals surface area contributed by atoms with Crippen molar-refractivity contribution in [3.05, 3.63) is 0 Å². The van der Waals surface area contributed by atoms with Gasteiger partial charge in [0.15, 0.2) is 0 Å². The Labute approximate surface area is 117 Å². The largest absolute Gasteiger partial charge is 0.468 e. The molecule has 0 saturated heterocycles. The van der Waals surface area contributed by atoms with Crippen LogP contribution in [0, 0.1) is 0 Å². The fraction of sp³-hybridized carbons (Fsp3) is 0.933. The molecule has 19 heavy (non-hydrogen) atoms. The second kappa shape index (κ2) is 7.25. The standard InChI is InChI=1S/C15H30N2O2/c1-12(2)16-15(3,14(18)19-5)11-17(4)13-9-7-6-8-10-13/h12-13,16H,6-11H2,1-5H3. The Morgan fingerprint density at radius 3 is 2.42 bits per heavy atom. The first kappa shape index (κ1) is 16.4. The van der Waals surface area contributed by atoms with Crippen LogP contribution in [0.25, 0.3) is 0 Å². The maximum absolute atomic E-state index is 12.1. The van der Waals surface area contributed by atoms with E-state index in [9.17, 15) is 4.79 Å². The molecule has 0 aliphatic heterocycles. The predicted molar refractivity (Wildman–Crippen MR) is 78.2 cm³/mol. The van der Waals surface area contributed by atoms with Gasteiger partial charge in [0.2, 0.25) is 0 Å². The SMILES string of the molecule is COC(=O)C(C)(CN(C)C1CCCCC1)NC(C)C. The maximum atomic E-state index is 12.1. The van der Waals surface area contributed by atoms with Crippen molar-refractivity contribution in [1.82, 2.24) is 10.2 Å². The molecule has 0 heterocycles.